The van der Waals surface area contributed by atoms with E-state index in [2.05, 4.69) is 5.32 Å². The first-order valence-electron chi connectivity index (χ1n) is 9.22. The molecule has 1 saturated heterocycles. The third-order valence-electron chi connectivity index (χ3n) is 4.97. The smallest absolute Gasteiger partial charge is 0.311 e. The topological polar surface area (TPSA) is 99.5 Å². The van der Waals surface area contributed by atoms with Crippen molar-refractivity contribution in [1.82, 2.24) is 0 Å². The van der Waals surface area contributed by atoms with Crippen molar-refractivity contribution in [1.29, 1.82) is 5.26 Å². The molecule has 0 saturated carbocycles. The maximum atomic E-state index is 12.4. The number of carbonyl (C=O) groups excluding carboxylic acids is 3. The number of nitrogens with one attached hydrogen (secondary N) is 1. The summed E-state index contributed by atoms with van der Waals surface area (Å²) in [6, 6.07) is 14.0. The van der Waals surface area contributed by atoms with Crippen LogP contribution in [0, 0.1) is 31.1 Å². The molecule has 0 unspecified atom stereocenters. The lowest BCUT2D eigenvalue weighted by atomic mass is 10.1. The van der Waals surface area contributed by atoms with Crippen molar-refractivity contribution in [2.45, 2.75) is 20.3 Å². The fourth-order valence-electron chi connectivity index (χ4n) is 3.21. The van der Waals surface area contributed by atoms with E-state index < -0.39 is 24.4 Å². The fraction of sp³-hybridized carbons (Fsp3) is 0.273. The minimum absolute atomic E-state index is 0.0590. The predicted molar refractivity (Wildman–Crippen MR) is 107 cm³/mol. The molecule has 7 nitrogen and oxygen atoms in total. The molecule has 7 heteroatoms. The molecule has 2 amide bonds. The Morgan fingerprint density at radius 2 is 1.93 bits per heavy atom. The quantitative estimate of drug-likeness (QED) is 0.790. The molecule has 0 aliphatic carbocycles. The molecular formula is C22H21N3O4. The molecule has 1 heterocycles. The van der Waals surface area contributed by atoms with Gasteiger partial charge in [-0.15, -0.1) is 0 Å². The average molecular weight is 391 g/mol. The van der Waals surface area contributed by atoms with Crippen molar-refractivity contribution in [2.24, 2.45) is 5.92 Å². The fourth-order valence-corrected chi connectivity index (χ4v) is 3.21. The summed E-state index contributed by atoms with van der Waals surface area (Å²) in [6.07, 6.45) is 0.0590. The van der Waals surface area contributed by atoms with Crippen LogP contribution in [0.1, 0.15) is 23.1 Å². The summed E-state index contributed by atoms with van der Waals surface area (Å²) >= 11 is 0. The normalized spacial score (nSPS) is 15.7. The van der Waals surface area contributed by atoms with Crippen molar-refractivity contribution in [2.75, 3.05) is 23.4 Å². The lowest BCUT2D eigenvalue weighted by Crippen LogP contribution is -2.28. The number of nitriles is 1. The molecule has 0 spiro atoms. The summed E-state index contributed by atoms with van der Waals surface area (Å²) in [5.41, 5.74) is 3.84. The molecule has 1 aliphatic rings. The van der Waals surface area contributed by atoms with Gasteiger partial charge in [-0.3, -0.25) is 14.4 Å². The Bertz CT molecular complexity index is 992. The number of hydrogen-bond acceptors (Lipinski definition) is 5. The van der Waals surface area contributed by atoms with E-state index in [1.807, 2.05) is 38.1 Å². The second kappa shape index (κ2) is 8.57. The minimum Gasteiger partial charge on any atom is -0.455 e. The number of benzene rings is 2. The van der Waals surface area contributed by atoms with Crippen LogP contribution in [0.2, 0.25) is 0 Å². The van der Waals surface area contributed by atoms with Crippen LogP contribution in [0.5, 0.6) is 0 Å². The third kappa shape index (κ3) is 4.61. The largest absolute Gasteiger partial charge is 0.455 e. The van der Waals surface area contributed by atoms with Crippen LogP contribution in [-0.2, 0) is 19.1 Å². The molecule has 0 bridgehead atoms. The molecule has 2 aromatic carbocycles. The lowest BCUT2D eigenvalue weighted by Gasteiger charge is -2.20. The number of esters is 1. The van der Waals surface area contributed by atoms with E-state index in [1.165, 1.54) is 0 Å². The van der Waals surface area contributed by atoms with Crippen molar-refractivity contribution in [3.05, 3.63) is 59.2 Å². The highest BCUT2D eigenvalue weighted by molar-refractivity contribution is 6.00. The number of aryl methyl sites for hydroxylation is 1. The summed E-state index contributed by atoms with van der Waals surface area (Å²) < 4.78 is 5.11. The summed E-state index contributed by atoms with van der Waals surface area (Å²) in [6.45, 7) is 3.71. The zero-order valence-electron chi connectivity index (χ0n) is 16.3. The maximum absolute atomic E-state index is 12.4. The van der Waals surface area contributed by atoms with Crippen molar-refractivity contribution < 1.29 is 19.1 Å². The number of anilines is 2. The Morgan fingerprint density at radius 3 is 2.62 bits per heavy atom. The van der Waals surface area contributed by atoms with Gasteiger partial charge in [0.15, 0.2) is 6.61 Å². The molecular weight excluding hydrogens is 370 g/mol. The molecule has 1 N–H and O–H groups in total. The van der Waals surface area contributed by atoms with Crippen LogP contribution in [0.4, 0.5) is 11.4 Å². The Hall–Kier alpha value is -3.66. The van der Waals surface area contributed by atoms with E-state index in [4.69, 9.17) is 10.00 Å². The molecule has 0 aromatic heterocycles. The highest BCUT2D eigenvalue weighted by Crippen LogP contribution is 2.29. The molecule has 148 valence electrons. The van der Waals surface area contributed by atoms with E-state index in [0.29, 0.717) is 11.3 Å². The van der Waals surface area contributed by atoms with Crippen LogP contribution in [0.15, 0.2) is 42.5 Å². The van der Waals surface area contributed by atoms with Gasteiger partial charge in [-0.25, -0.2) is 0 Å². The van der Waals surface area contributed by atoms with Gasteiger partial charge in [-0.05, 0) is 55.3 Å². The predicted octanol–water partition coefficient (Wildman–Crippen LogP) is 2.71. The van der Waals surface area contributed by atoms with Gasteiger partial charge in [0, 0.05) is 24.3 Å². The Kier molecular flexibility index (Phi) is 5.93. The summed E-state index contributed by atoms with van der Waals surface area (Å²) in [5.74, 6) is -1.80. The van der Waals surface area contributed by atoms with Crippen LogP contribution in [0.25, 0.3) is 0 Å². The van der Waals surface area contributed by atoms with E-state index in [0.717, 1.165) is 16.8 Å². The van der Waals surface area contributed by atoms with Crippen molar-refractivity contribution >= 4 is 29.2 Å². The Morgan fingerprint density at radius 1 is 1.21 bits per heavy atom. The summed E-state index contributed by atoms with van der Waals surface area (Å²) in [5, 5.41) is 11.4. The standard InChI is InChI=1S/C22H21N3O4/c1-14-4-3-5-19(15(14)2)25-12-17(10-21(25)27)22(28)29-13-20(26)24-18-8-6-16(11-23)7-9-18/h3-9,17H,10,12-13H2,1-2H3,(H,24,26)/t17-/m1/s1. The van der Waals surface area contributed by atoms with Crippen molar-refractivity contribution in [3.8, 4) is 6.07 Å². The number of ether oxygens (including phenoxy) is 1. The Balaban J connectivity index is 1.54. The van der Waals surface area contributed by atoms with E-state index >= 15 is 0 Å². The molecule has 1 fully saturated rings. The Labute approximate surface area is 168 Å². The lowest BCUT2D eigenvalue weighted by molar-refractivity contribution is -0.151. The first-order chi connectivity index (χ1) is 13.9. The first kappa shape index (κ1) is 20.1. The SMILES string of the molecule is Cc1cccc(N2C[C@H](C(=O)OCC(=O)Nc3ccc(C#N)cc3)CC2=O)c1C. The summed E-state index contributed by atoms with van der Waals surface area (Å²) in [4.78, 5) is 38.3. The highest BCUT2D eigenvalue weighted by atomic mass is 16.5. The molecule has 1 aliphatic heterocycles. The van der Waals surface area contributed by atoms with Crippen molar-refractivity contribution in [3.63, 3.8) is 0 Å². The molecule has 29 heavy (non-hydrogen) atoms. The van der Waals surface area contributed by atoms with Crippen LogP contribution in [0.3, 0.4) is 0 Å². The zero-order valence-corrected chi connectivity index (χ0v) is 16.3. The zero-order chi connectivity index (χ0) is 21.0. The minimum atomic E-state index is -0.606. The first-order valence-corrected chi connectivity index (χ1v) is 9.22. The van der Waals surface area contributed by atoms with Gasteiger partial charge in [-0.2, -0.15) is 5.26 Å². The van der Waals surface area contributed by atoms with Gasteiger partial charge in [0.05, 0.1) is 17.6 Å². The highest BCUT2D eigenvalue weighted by Gasteiger charge is 2.37. The number of nitrogens with zero attached hydrogens (tertiary/aromatic N) is 2. The van der Waals surface area contributed by atoms with Gasteiger partial charge in [0.25, 0.3) is 5.91 Å². The van der Waals surface area contributed by atoms with Crippen LogP contribution >= 0.6 is 0 Å². The molecule has 0 radical (unpaired) electrons. The monoisotopic (exact) mass is 391 g/mol. The van der Waals surface area contributed by atoms with Crippen LogP contribution < -0.4 is 10.2 Å². The van der Waals surface area contributed by atoms with Crippen LogP contribution in [-0.4, -0.2) is 30.9 Å². The van der Waals surface area contributed by atoms with Gasteiger partial charge in [-0.1, -0.05) is 12.1 Å². The molecule has 2 aromatic rings. The molecule has 3 rings (SSSR count). The third-order valence-corrected chi connectivity index (χ3v) is 4.97. The van der Waals surface area contributed by atoms with Gasteiger partial charge < -0.3 is 15.0 Å². The number of carbonyl (C=O) groups is 3. The van der Waals surface area contributed by atoms with Gasteiger partial charge in [0.2, 0.25) is 5.91 Å². The molecule has 1 atom stereocenters. The number of hydrogen-bond donors (Lipinski definition) is 1. The number of rotatable bonds is 5. The van der Waals surface area contributed by atoms with E-state index in [1.54, 1.807) is 29.2 Å². The maximum Gasteiger partial charge on any atom is 0.311 e. The van der Waals surface area contributed by atoms with E-state index in [-0.39, 0.29) is 18.9 Å². The number of amides is 2. The second-order valence-electron chi connectivity index (χ2n) is 6.97. The average Bonchev–Trinajstić information content (AvgIpc) is 3.10. The van der Waals surface area contributed by atoms with E-state index in [9.17, 15) is 14.4 Å². The second-order valence-corrected chi connectivity index (χ2v) is 6.97. The van der Waals surface area contributed by atoms with Gasteiger partial charge >= 0.3 is 5.97 Å². The van der Waals surface area contributed by atoms with Gasteiger partial charge in [0.1, 0.15) is 0 Å². The summed E-state index contributed by atoms with van der Waals surface area (Å²) in [7, 11) is 0.